The van der Waals surface area contributed by atoms with Crippen molar-refractivity contribution < 1.29 is 14.3 Å². The third-order valence-electron chi connectivity index (χ3n) is 6.33. The van der Waals surface area contributed by atoms with E-state index >= 15 is 0 Å². The normalized spacial score (nSPS) is 18.0. The van der Waals surface area contributed by atoms with Crippen molar-refractivity contribution in [2.75, 3.05) is 26.7 Å². The van der Waals surface area contributed by atoms with Crippen molar-refractivity contribution >= 4 is 11.9 Å². The SMILES string of the molecule is CCCCNC(=O)N1CC(C(=O)NCCc2ccccc2OC)CCC1c1cccc(C)c1. The van der Waals surface area contributed by atoms with Crippen LogP contribution in [-0.4, -0.2) is 43.6 Å². The zero-order chi connectivity index (χ0) is 23.6. The largest absolute Gasteiger partial charge is 0.496 e. The van der Waals surface area contributed by atoms with E-state index in [1.165, 1.54) is 5.56 Å². The number of carbonyl (C=O) groups excluding carboxylic acids is 2. The second kappa shape index (κ2) is 12.3. The van der Waals surface area contributed by atoms with Gasteiger partial charge in [0, 0.05) is 19.6 Å². The summed E-state index contributed by atoms with van der Waals surface area (Å²) >= 11 is 0. The average Bonchev–Trinajstić information content (AvgIpc) is 2.84. The summed E-state index contributed by atoms with van der Waals surface area (Å²) in [5.74, 6) is 0.639. The molecule has 2 atom stereocenters. The molecule has 6 nitrogen and oxygen atoms in total. The van der Waals surface area contributed by atoms with E-state index in [0.717, 1.165) is 42.6 Å². The second-order valence-electron chi connectivity index (χ2n) is 8.79. The number of likely N-dealkylation sites (tertiary alicyclic amines) is 1. The molecule has 1 saturated heterocycles. The van der Waals surface area contributed by atoms with E-state index in [1.54, 1.807) is 7.11 Å². The molecule has 2 unspecified atom stereocenters. The molecular formula is C27H37N3O3. The number of hydrogen-bond acceptors (Lipinski definition) is 3. The van der Waals surface area contributed by atoms with Crippen LogP contribution in [-0.2, 0) is 11.2 Å². The molecule has 2 N–H and O–H groups in total. The molecule has 178 valence electrons. The smallest absolute Gasteiger partial charge is 0.317 e. The van der Waals surface area contributed by atoms with Crippen molar-refractivity contribution in [2.24, 2.45) is 5.92 Å². The molecule has 1 aliphatic rings. The van der Waals surface area contributed by atoms with E-state index in [2.05, 4.69) is 42.7 Å². The molecule has 3 rings (SSSR count). The number of carbonyl (C=O) groups is 2. The van der Waals surface area contributed by atoms with Crippen LogP contribution in [0.4, 0.5) is 4.79 Å². The number of amides is 3. The summed E-state index contributed by atoms with van der Waals surface area (Å²) in [5, 5.41) is 6.12. The lowest BCUT2D eigenvalue weighted by Gasteiger charge is -2.39. The molecule has 0 radical (unpaired) electrons. The van der Waals surface area contributed by atoms with Gasteiger partial charge in [-0.3, -0.25) is 4.79 Å². The van der Waals surface area contributed by atoms with Crippen LogP contribution in [0.1, 0.15) is 55.3 Å². The summed E-state index contributed by atoms with van der Waals surface area (Å²) < 4.78 is 5.40. The lowest BCUT2D eigenvalue weighted by molar-refractivity contribution is -0.126. The van der Waals surface area contributed by atoms with Gasteiger partial charge >= 0.3 is 6.03 Å². The summed E-state index contributed by atoms with van der Waals surface area (Å²) in [7, 11) is 1.66. The van der Waals surface area contributed by atoms with Gasteiger partial charge in [0.25, 0.3) is 0 Å². The quantitative estimate of drug-likeness (QED) is 0.546. The van der Waals surface area contributed by atoms with Crippen LogP contribution < -0.4 is 15.4 Å². The highest BCUT2D eigenvalue weighted by Gasteiger charge is 2.35. The molecule has 0 bridgehead atoms. The standard InChI is InChI=1S/C27H37N3O3/c1-4-5-16-29-27(32)30-19-23(13-14-24(30)22-11-8-9-20(2)18-22)26(31)28-17-15-21-10-6-7-12-25(21)33-3/h6-12,18,23-24H,4-5,13-17,19H2,1-3H3,(H,28,31)(H,29,32). The number of hydrogen-bond donors (Lipinski definition) is 2. The molecule has 0 aliphatic carbocycles. The number of aryl methyl sites for hydroxylation is 1. The van der Waals surface area contributed by atoms with Crippen molar-refractivity contribution in [3.05, 3.63) is 65.2 Å². The number of unbranched alkanes of at least 4 members (excludes halogenated alkanes) is 1. The van der Waals surface area contributed by atoms with Gasteiger partial charge in [0.2, 0.25) is 5.91 Å². The predicted molar refractivity (Wildman–Crippen MR) is 131 cm³/mol. The number of nitrogens with one attached hydrogen (secondary N) is 2. The first-order chi connectivity index (χ1) is 16.0. The van der Waals surface area contributed by atoms with Gasteiger partial charge in [-0.1, -0.05) is 61.4 Å². The highest BCUT2D eigenvalue weighted by atomic mass is 16.5. The zero-order valence-corrected chi connectivity index (χ0v) is 20.1. The number of para-hydroxylation sites is 1. The van der Waals surface area contributed by atoms with Crippen LogP contribution in [0.3, 0.4) is 0 Å². The molecular weight excluding hydrogens is 414 g/mol. The Morgan fingerprint density at radius 3 is 2.64 bits per heavy atom. The van der Waals surface area contributed by atoms with Crippen LogP contribution in [0, 0.1) is 12.8 Å². The minimum atomic E-state index is -0.208. The van der Waals surface area contributed by atoms with Crippen LogP contribution in [0.2, 0.25) is 0 Å². The van der Waals surface area contributed by atoms with Crippen LogP contribution >= 0.6 is 0 Å². The fourth-order valence-corrected chi connectivity index (χ4v) is 4.48. The molecule has 2 aromatic rings. The van der Waals surface area contributed by atoms with Gasteiger partial charge in [-0.15, -0.1) is 0 Å². The van der Waals surface area contributed by atoms with E-state index in [9.17, 15) is 9.59 Å². The fourth-order valence-electron chi connectivity index (χ4n) is 4.48. The summed E-state index contributed by atoms with van der Waals surface area (Å²) in [6.07, 6.45) is 4.21. The number of methoxy groups -OCH3 is 1. The summed E-state index contributed by atoms with van der Waals surface area (Å²) in [4.78, 5) is 27.9. The number of benzene rings is 2. The molecule has 1 aliphatic heterocycles. The molecule has 1 heterocycles. The molecule has 33 heavy (non-hydrogen) atoms. The maximum Gasteiger partial charge on any atom is 0.317 e. The van der Waals surface area contributed by atoms with Crippen molar-refractivity contribution in [3.8, 4) is 5.75 Å². The first-order valence-electron chi connectivity index (χ1n) is 12.0. The Hall–Kier alpha value is -3.02. The average molecular weight is 452 g/mol. The first-order valence-corrected chi connectivity index (χ1v) is 12.0. The molecule has 0 saturated carbocycles. The van der Waals surface area contributed by atoms with Gasteiger partial charge in [0.05, 0.1) is 19.1 Å². The Bertz CT molecular complexity index is 930. The van der Waals surface area contributed by atoms with Crippen LogP contribution in [0.5, 0.6) is 5.75 Å². The lowest BCUT2D eigenvalue weighted by atomic mass is 9.88. The molecule has 1 fully saturated rings. The monoisotopic (exact) mass is 451 g/mol. The molecule has 0 spiro atoms. The molecule has 2 aromatic carbocycles. The molecule has 3 amide bonds. The second-order valence-corrected chi connectivity index (χ2v) is 8.79. The van der Waals surface area contributed by atoms with Gasteiger partial charge in [0.15, 0.2) is 0 Å². The predicted octanol–water partition coefficient (Wildman–Crippen LogP) is 4.63. The molecule has 0 aromatic heterocycles. The highest BCUT2D eigenvalue weighted by molar-refractivity contribution is 5.81. The summed E-state index contributed by atoms with van der Waals surface area (Å²) in [5.41, 5.74) is 3.38. The van der Waals surface area contributed by atoms with Gasteiger partial charge in [-0.2, -0.15) is 0 Å². The van der Waals surface area contributed by atoms with E-state index < -0.39 is 0 Å². The maximum atomic E-state index is 13.0. The van der Waals surface area contributed by atoms with Crippen molar-refractivity contribution in [1.29, 1.82) is 0 Å². The van der Waals surface area contributed by atoms with Gasteiger partial charge < -0.3 is 20.3 Å². The Morgan fingerprint density at radius 1 is 1.06 bits per heavy atom. The van der Waals surface area contributed by atoms with E-state index in [1.807, 2.05) is 35.2 Å². The Balaban J connectivity index is 1.63. The summed E-state index contributed by atoms with van der Waals surface area (Å²) in [6.45, 7) is 5.79. The topological polar surface area (TPSA) is 70.7 Å². The fraction of sp³-hybridized carbons (Fsp3) is 0.481. The number of urea groups is 1. The highest BCUT2D eigenvalue weighted by Crippen LogP contribution is 2.34. The first kappa shape index (κ1) is 24.6. The van der Waals surface area contributed by atoms with E-state index in [0.29, 0.717) is 26.1 Å². The van der Waals surface area contributed by atoms with E-state index in [4.69, 9.17) is 4.74 Å². The number of rotatable bonds is 9. The Kier molecular flexibility index (Phi) is 9.16. The Labute approximate surface area is 197 Å². The van der Waals surface area contributed by atoms with Crippen LogP contribution in [0.15, 0.2) is 48.5 Å². The summed E-state index contributed by atoms with van der Waals surface area (Å²) in [6, 6.07) is 16.1. The van der Waals surface area contributed by atoms with Crippen LogP contribution in [0.25, 0.3) is 0 Å². The molecule has 6 heteroatoms. The number of piperidine rings is 1. The lowest BCUT2D eigenvalue weighted by Crippen LogP contribution is -2.50. The van der Waals surface area contributed by atoms with Gasteiger partial charge in [-0.25, -0.2) is 4.79 Å². The number of nitrogens with zero attached hydrogens (tertiary/aromatic N) is 1. The van der Waals surface area contributed by atoms with Gasteiger partial charge in [0.1, 0.15) is 5.75 Å². The third kappa shape index (κ3) is 6.73. The van der Waals surface area contributed by atoms with Gasteiger partial charge in [-0.05, 0) is 49.8 Å². The number of ether oxygens (including phenoxy) is 1. The van der Waals surface area contributed by atoms with Crippen molar-refractivity contribution in [1.82, 2.24) is 15.5 Å². The zero-order valence-electron chi connectivity index (χ0n) is 20.1. The van der Waals surface area contributed by atoms with Crippen molar-refractivity contribution in [3.63, 3.8) is 0 Å². The minimum Gasteiger partial charge on any atom is -0.496 e. The third-order valence-corrected chi connectivity index (χ3v) is 6.33. The maximum absolute atomic E-state index is 13.0. The van der Waals surface area contributed by atoms with Crippen molar-refractivity contribution in [2.45, 2.75) is 52.0 Å². The Morgan fingerprint density at radius 2 is 1.88 bits per heavy atom. The minimum absolute atomic E-state index is 0.0100. The van der Waals surface area contributed by atoms with E-state index in [-0.39, 0.29) is 23.9 Å².